The Bertz CT molecular complexity index is 753. The highest BCUT2D eigenvalue weighted by atomic mass is 15.3. The minimum absolute atomic E-state index is 0.546. The van der Waals surface area contributed by atoms with Gasteiger partial charge < -0.3 is 5.32 Å². The van der Waals surface area contributed by atoms with E-state index < -0.39 is 0 Å². The van der Waals surface area contributed by atoms with Gasteiger partial charge in [0, 0.05) is 12.1 Å². The van der Waals surface area contributed by atoms with E-state index in [1.165, 1.54) is 0 Å². The number of hydrogen-bond donors (Lipinski definition) is 2. The number of aromatic amines is 1. The number of H-pyrrole nitrogens is 1. The van der Waals surface area contributed by atoms with Crippen LogP contribution < -0.4 is 5.32 Å². The van der Waals surface area contributed by atoms with Crippen molar-refractivity contribution in [1.82, 2.24) is 15.2 Å². The molecule has 5 heteroatoms. The van der Waals surface area contributed by atoms with Crippen LogP contribution in [0.25, 0.3) is 0 Å². The fourth-order valence-corrected chi connectivity index (χ4v) is 1.97. The third-order valence-electron chi connectivity index (χ3n) is 3.02. The Balaban J connectivity index is 1.68. The van der Waals surface area contributed by atoms with Crippen LogP contribution in [-0.2, 0) is 6.42 Å². The lowest BCUT2D eigenvalue weighted by molar-refractivity contribution is 0.972. The molecule has 5 nitrogen and oxygen atoms in total. The first-order valence-corrected chi connectivity index (χ1v) is 6.56. The van der Waals surface area contributed by atoms with Gasteiger partial charge in [-0.2, -0.15) is 10.2 Å². The second-order valence-corrected chi connectivity index (χ2v) is 4.58. The summed E-state index contributed by atoms with van der Waals surface area (Å²) in [4.78, 5) is 4.40. The largest absolute Gasteiger partial charge is 0.323 e. The normalized spacial score (nSPS) is 10.0. The number of nitrogens with zero attached hydrogens (tertiary/aromatic N) is 3. The molecule has 0 bridgehead atoms. The van der Waals surface area contributed by atoms with E-state index in [0.717, 1.165) is 17.1 Å². The molecule has 0 aliphatic carbocycles. The lowest BCUT2D eigenvalue weighted by atomic mass is 10.1. The van der Waals surface area contributed by atoms with E-state index in [2.05, 4.69) is 26.6 Å². The summed E-state index contributed by atoms with van der Waals surface area (Å²) in [6.45, 7) is 0. The molecule has 102 valence electrons. The highest BCUT2D eigenvalue weighted by molar-refractivity contribution is 5.52. The summed E-state index contributed by atoms with van der Waals surface area (Å²) in [5, 5.41) is 19.0. The Morgan fingerprint density at radius 1 is 1.05 bits per heavy atom. The van der Waals surface area contributed by atoms with Crippen LogP contribution in [0.3, 0.4) is 0 Å². The Morgan fingerprint density at radius 3 is 2.52 bits per heavy atom. The standard InChI is InChI=1S/C16H13N5/c17-11-13-8-6-12(7-9-13)10-15-19-16(21-20-15)18-14-4-2-1-3-5-14/h1-9H,10H2,(H2,18,19,20,21). The molecule has 2 aromatic carbocycles. The molecule has 0 unspecified atom stereocenters. The Kier molecular flexibility index (Phi) is 3.61. The molecule has 0 saturated carbocycles. The Labute approximate surface area is 122 Å². The van der Waals surface area contributed by atoms with Gasteiger partial charge in [0.1, 0.15) is 5.82 Å². The number of para-hydroxylation sites is 1. The molecular formula is C16H13N5. The van der Waals surface area contributed by atoms with E-state index in [0.29, 0.717) is 17.9 Å². The van der Waals surface area contributed by atoms with Crippen molar-refractivity contribution in [2.24, 2.45) is 0 Å². The Morgan fingerprint density at radius 2 is 1.81 bits per heavy atom. The average molecular weight is 275 g/mol. The van der Waals surface area contributed by atoms with Crippen molar-refractivity contribution in [3.63, 3.8) is 0 Å². The maximum absolute atomic E-state index is 8.77. The van der Waals surface area contributed by atoms with Crippen LogP contribution in [-0.4, -0.2) is 15.2 Å². The van der Waals surface area contributed by atoms with E-state index in [4.69, 9.17) is 5.26 Å². The van der Waals surface area contributed by atoms with Crippen LogP contribution in [0.4, 0.5) is 11.6 Å². The van der Waals surface area contributed by atoms with Crippen LogP contribution >= 0.6 is 0 Å². The molecule has 1 aromatic heterocycles. The summed E-state index contributed by atoms with van der Waals surface area (Å²) in [5.41, 5.74) is 2.68. The summed E-state index contributed by atoms with van der Waals surface area (Å²) in [7, 11) is 0. The highest BCUT2D eigenvalue weighted by Crippen LogP contribution is 2.13. The fourth-order valence-electron chi connectivity index (χ4n) is 1.97. The second kappa shape index (κ2) is 5.88. The summed E-state index contributed by atoms with van der Waals surface area (Å²) >= 11 is 0. The molecule has 2 N–H and O–H groups in total. The van der Waals surface area contributed by atoms with Crippen LogP contribution in [0.1, 0.15) is 17.0 Å². The summed E-state index contributed by atoms with van der Waals surface area (Å²) in [6, 6.07) is 19.3. The van der Waals surface area contributed by atoms with Crippen molar-refractivity contribution in [2.45, 2.75) is 6.42 Å². The van der Waals surface area contributed by atoms with Crippen molar-refractivity contribution in [2.75, 3.05) is 5.32 Å². The zero-order chi connectivity index (χ0) is 14.5. The van der Waals surface area contributed by atoms with E-state index >= 15 is 0 Å². The lowest BCUT2D eigenvalue weighted by Crippen LogP contribution is -1.93. The van der Waals surface area contributed by atoms with Gasteiger partial charge in [-0.1, -0.05) is 30.3 Å². The highest BCUT2D eigenvalue weighted by Gasteiger charge is 2.04. The molecule has 0 amide bonds. The number of hydrogen-bond acceptors (Lipinski definition) is 4. The van der Waals surface area contributed by atoms with Crippen molar-refractivity contribution in [1.29, 1.82) is 5.26 Å². The predicted molar refractivity (Wildman–Crippen MR) is 80.1 cm³/mol. The van der Waals surface area contributed by atoms with Gasteiger partial charge in [-0.15, -0.1) is 5.10 Å². The summed E-state index contributed by atoms with van der Waals surface area (Å²) < 4.78 is 0. The van der Waals surface area contributed by atoms with Gasteiger partial charge in [-0.3, -0.25) is 5.10 Å². The van der Waals surface area contributed by atoms with Gasteiger partial charge in [-0.05, 0) is 29.8 Å². The molecule has 0 spiro atoms. The lowest BCUT2D eigenvalue weighted by Gasteiger charge is -1.99. The number of rotatable bonds is 4. The molecule has 0 saturated heterocycles. The summed E-state index contributed by atoms with van der Waals surface area (Å²) in [6.07, 6.45) is 0.648. The first-order chi connectivity index (χ1) is 10.3. The Hall–Kier alpha value is -3.13. The van der Waals surface area contributed by atoms with Crippen LogP contribution in [0.15, 0.2) is 54.6 Å². The summed E-state index contributed by atoms with van der Waals surface area (Å²) in [5.74, 6) is 1.32. The average Bonchev–Trinajstić information content (AvgIpc) is 2.96. The molecule has 3 rings (SSSR count). The zero-order valence-electron chi connectivity index (χ0n) is 11.2. The molecule has 21 heavy (non-hydrogen) atoms. The fraction of sp³-hybridized carbons (Fsp3) is 0.0625. The maximum atomic E-state index is 8.77. The molecule has 0 atom stereocenters. The molecule has 3 aromatic rings. The van der Waals surface area contributed by atoms with Gasteiger partial charge in [0.25, 0.3) is 0 Å². The van der Waals surface area contributed by atoms with E-state index in [1.807, 2.05) is 42.5 Å². The number of nitrogens with one attached hydrogen (secondary N) is 2. The maximum Gasteiger partial charge on any atom is 0.246 e. The molecule has 0 aliphatic heterocycles. The van der Waals surface area contributed by atoms with Gasteiger partial charge in [0.2, 0.25) is 5.95 Å². The number of nitriles is 1. The van der Waals surface area contributed by atoms with E-state index in [-0.39, 0.29) is 0 Å². The van der Waals surface area contributed by atoms with Crippen molar-refractivity contribution in [3.05, 3.63) is 71.5 Å². The van der Waals surface area contributed by atoms with E-state index in [9.17, 15) is 0 Å². The predicted octanol–water partition coefficient (Wildman–Crippen LogP) is 3.01. The van der Waals surface area contributed by atoms with Crippen LogP contribution in [0.5, 0.6) is 0 Å². The first kappa shape index (κ1) is 12.9. The van der Waals surface area contributed by atoms with Gasteiger partial charge in [0.15, 0.2) is 0 Å². The molecule has 0 fully saturated rings. The molecule has 1 heterocycles. The van der Waals surface area contributed by atoms with Crippen LogP contribution in [0, 0.1) is 11.3 Å². The van der Waals surface area contributed by atoms with Crippen LogP contribution in [0.2, 0.25) is 0 Å². The third-order valence-corrected chi connectivity index (χ3v) is 3.02. The van der Waals surface area contributed by atoms with Gasteiger partial charge in [-0.25, -0.2) is 0 Å². The number of aromatic nitrogens is 3. The molecular weight excluding hydrogens is 262 g/mol. The zero-order valence-corrected chi connectivity index (χ0v) is 11.2. The minimum Gasteiger partial charge on any atom is -0.323 e. The van der Waals surface area contributed by atoms with E-state index in [1.54, 1.807) is 12.1 Å². The van der Waals surface area contributed by atoms with Crippen molar-refractivity contribution < 1.29 is 0 Å². The van der Waals surface area contributed by atoms with Gasteiger partial charge >= 0.3 is 0 Å². The number of anilines is 2. The van der Waals surface area contributed by atoms with Crippen molar-refractivity contribution >= 4 is 11.6 Å². The number of benzene rings is 2. The quantitative estimate of drug-likeness (QED) is 0.767. The minimum atomic E-state index is 0.546. The topological polar surface area (TPSA) is 77.4 Å². The van der Waals surface area contributed by atoms with Crippen molar-refractivity contribution in [3.8, 4) is 6.07 Å². The smallest absolute Gasteiger partial charge is 0.246 e. The monoisotopic (exact) mass is 275 g/mol. The third kappa shape index (κ3) is 3.25. The second-order valence-electron chi connectivity index (χ2n) is 4.58. The van der Waals surface area contributed by atoms with Gasteiger partial charge in [0.05, 0.1) is 11.6 Å². The SMILES string of the molecule is N#Cc1ccc(Cc2nc(Nc3ccccc3)n[nH]2)cc1. The molecule has 0 aliphatic rings. The molecule has 0 radical (unpaired) electrons. The first-order valence-electron chi connectivity index (χ1n) is 6.56.